The Bertz CT molecular complexity index is 859. The molecule has 0 radical (unpaired) electrons. The second-order valence-corrected chi connectivity index (χ2v) is 6.85. The number of hydrogen-bond acceptors (Lipinski definition) is 4. The topological polar surface area (TPSA) is 76.9 Å². The van der Waals surface area contributed by atoms with Gasteiger partial charge in [-0.25, -0.2) is 18.1 Å². The van der Waals surface area contributed by atoms with Gasteiger partial charge >= 0.3 is 0 Å². The Morgan fingerprint density at radius 1 is 1.14 bits per heavy atom. The minimum absolute atomic E-state index is 0.00756. The standard InChI is InChI=1S/C15H16N4O2S/c20-22(21,18-11-13-4-3-7-16-10-13)9-8-19-12-17-14-5-1-2-6-15(14)19/h1-7,10,12,18H,8-9,11H2. The van der Waals surface area contributed by atoms with Crippen LogP contribution in [0.1, 0.15) is 5.56 Å². The largest absolute Gasteiger partial charge is 0.330 e. The number of rotatable bonds is 6. The fraction of sp³-hybridized carbons (Fsp3) is 0.200. The average Bonchev–Trinajstić information content (AvgIpc) is 2.96. The molecule has 2 heterocycles. The van der Waals surface area contributed by atoms with E-state index >= 15 is 0 Å². The number of fused-ring (bicyclic) bond motifs is 1. The van der Waals surface area contributed by atoms with Crippen LogP contribution in [0, 0.1) is 0 Å². The molecule has 0 unspecified atom stereocenters. The van der Waals surface area contributed by atoms with Gasteiger partial charge in [0, 0.05) is 25.5 Å². The Morgan fingerprint density at radius 3 is 2.82 bits per heavy atom. The van der Waals surface area contributed by atoms with Crippen LogP contribution in [0.4, 0.5) is 0 Å². The maximum absolute atomic E-state index is 12.1. The van der Waals surface area contributed by atoms with E-state index in [9.17, 15) is 8.42 Å². The second-order valence-electron chi connectivity index (χ2n) is 4.93. The first-order valence-corrected chi connectivity index (χ1v) is 8.55. The van der Waals surface area contributed by atoms with Gasteiger partial charge in [0.25, 0.3) is 0 Å². The fourth-order valence-electron chi connectivity index (χ4n) is 2.18. The molecule has 0 saturated heterocycles. The highest BCUT2D eigenvalue weighted by Crippen LogP contribution is 2.11. The van der Waals surface area contributed by atoms with E-state index in [0.29, 0.717) is 6.54 Å². The zero-order valence-corrected chi connectivity index (χ0v) is 12.7. The second kappa shape index (κ2) is 6.25. The lowest BCUT2D eigenvalue weighted by molar-refractivity contribution is 0.575. The quantitative estimate of drug-likeness (QED) is 0.748. The van der Waals surface area contributed by atoms with E-state index in [2.05, 4.69) is 14.7 Å². The van der Waals surface area contributed by atoms with E-state index in [-0.39, 0.29) is 12.3 Å². The third kappa shape index (κ3) is 3.49. The normalized spacial score (nSPS) is 11.8. The van der Waals surface area contributed by atoms with Crippen LogP contribution < -0.4 is 4.72 Å². The van der Waals surface area contributed by atoms with Crippen molar-refractivity contribution in [2.45, 2.75) is 13.1 Å². The molecule has 0 saturated carbocycles. The molecule has 0 aliphatic rings. The summed E-state index contributed by atoms with van der Waals surface area (Å²) in [7, 11) is -3.35. The van der Waals surface area contributed by atoms with Crippen molar-refractivity contribution in [1.29, 1.82) is 0 Å². The Labute approximate surface area is 128 Å². The van der Waals surface area contributed by atoms with Crippen molar-refractivity contribution in [3.05, 3.63) is 60.7 Å². The SMILES string of the molecule is O=S(=O)(CCn1cnc2ccccc21)NCc1cccnc1. The summed E-state index contributed by atoms with van der Waals surface area (Å²) in [5.41, 5.74) is 2.63. The third-order valence-electron chi connectivity index (χ3n) is 3.35. The van der Waals surface area contributed by atoms with Gasteiger partial charge in [0.05, 0.1) is 23.1 Å². The van der Waals surface area contributed by atoms with Gasteiger partial charge in [0.1, 0.15) is 0 Å². The first-order valence-electron chi connectivity index (χ1n) is 6.90. The summed E-state index contributed by atoms with van der Waals surface area (Å²) in [4.78, 5) is 8.21. The summed E-state index contributed by atoms with van der Waals surface area (Å²) in [5, 5.41) is 0. The molecule has 0 spiro atoms. The smallest absolute Gasteiger partial charge is 0.213 e. The van der Waals surface area contributed by atoms with Crippen molar-refractivity contribution in [3.8, 4) is 0 Å². The molecule has 1 aromatic carbocycles. The Morgan fingerprint density at radius 2 is 2.00 bits per heavy atom. The van der Waals surface area contributed by atoms with Crippen LogP contribution in [0.5, 0.6) is 0 Å². The zero-order valence-electron chi connectivity index (χ0n) is 11.9. The van der Waals surface area contributed by atoms with Crippen LogP contribution in [0.3, 0.4) is 0 Å². The molecular weight excluding hydrogens is 300 g/mol. The molecule has 0 aliphatic heterocycles. The summed E-state index contributed by atoms with van der Waals surface area (Å²) in [6, 6.07) is 11.3. The Hall–Kier alpha value is -2.25. The summed E-state index contributed by atoms with van der Waals surface area (Å²) < 4.78 is 28.6. The first kappa shape index (κ1) is 14.7. The van der Waals surface area contributed by atoms with E-state index in [0.717, 1.165) is 16.6 Å². The van der Waals surface area contributed by atoms with Crippen molar-refractivity contribution >= 4 is 21.1 Å². The summed E-state index contributed by atoms with van der Waals surface area (Å²) in [5.74, 6) is 0.00756. The number of sulfonamides is 1. The molecule has 6 nitrogen and oxygen atoms in total. The maximum Gasteiger partial charge on any atom is 0.213 e. The highest BCUT2D eigenvalue weighted by atomic mass is 32.2. The van der Waals surface area contributed by atoms with Crippen molar-refractivity contribution in [1.82, 2.24) is 19.3 Å². The number of imidazole rings is 1. The molecule has 114 valence electrons. The molecule has 2 aromatic heterocycles. The van der Waals surface area contributed by atoms with Crippen LogP contribution in [-0.4, -0.2) is 28.7 Å². The third-order valence-corrected chi connectivity index (χ3v) is 4.65. The molecule has 0 fully saturated rings. The monoisotopic (exact) mass is 316 g/mol. The number of aromatic nitrogens is 3. The van der Waals surface area contributed by atoms with Gasteiger partial charge in [0.15, 0.2) is 0 Å². The zero-order chi connectivity index (χ0) is 15.4. The predicted molar refractivity (Wildman–Crippen MR) is 84.6 cm³/mol. The van der Waals surface area contributed by atoms with Crippen molar-refractivity contribution in [2.75, 3.05) is 5.75 Å². The Kier molecular flexibility index (Phi) is 4.17. The molecule has 0 amide bonds. The number of para-hydroxylation sites is 2. The van der Waals surface area contributed by atoms with Crippen LogP contribution in [0.25, 0.3) is 11.0 Å². The van der Waals surface area contributed by atoms with E-state index < -0.39 is 10.0 Å². The molecule has 3 aromatic rings. The minimum Gasteiger partial charge on any atom is -0.330 e. The van der Waals surface area contributed by atoms with E-state index in [1.54, 1.807) is 24.8 Å². The molecule has 22 heavy (non-hydrogen) atoms. The van der Waals surface area contributed by atoms with Gasteiger partial charge in [-0.2, -0.15) is 0 Å². The number of nitrogens with one attached hydrogen (secondary N) is 1. The number of benzene rings is 1. The molecule has 7 heteroatoms. The number of hydrogen-bond donors (Lipinski definition) is 1. The van der Waals surface area contributed by atoms with Crippen LogP contribution in [0.2, 0.25) is 0 Å². The van der Waals surface area contributed by atoms with Crippen LogP contribution in [0.15, 0.2) is 55.1 Å². The summed E-state index contributed by atoms with van der Waals surface area (Å²) in [6.45, 7) is 0.615. The highest BCUT2D eigenvalue weighted by Gasteiger charge is 2.11. The molecule has 0 atom stereocenters. The number of pyridine rings is 1. The van der Waals surface area contributed by atoms with Gasteiger partial charge in [-0.05, 0) is 23.8 Å². The highest BCUT2D eigenvalue weighted by molar-refractivity contribution is 7.89. The molecule has 1 N–H and O–H groups in total. The lowest BCUT2D eigenvalue weighted by Gasteiger charge is -2.08. The molecule has 3 rings (SSSR count). The minimum atomic E-state index is -3.35. The van der Waals surface area contributed by atoms with Crippen LogP contribution in [-0.2, 0) is 23.1 Å². The molecule has 0 bridgehead atoms. The van der Waals surface area contributed by atoms with Crippen molar-refractivity contribution in [3.63, 3.8) is 0 Å². The number of nitrogens with zero attached hydrogens (tertiary/aromatic N) is 3. The van der Waals surface area contributed by atoms with Crippen LogP contribution >= 0.6 is 0 Å². The lowest BCUT2D eigenvalue weighted by Crippen LogP contribution is -2.27. The van der Waals surface area contributed by atoms with E-state index in [1.165, 1.54) is 0 Å². The van der Waals surface area contributed by atoms with Gasteiger partial charge in [-0.3, -0.25) is 4.98 Å². The summed E-state index contributed by atoms with van der Waals surface area (Å²) >= 11 is 0. The van der Waals surface area contributed by atoms with E-state index in [1.807, 2.05) is 34.9 Å². The van der Waals surface area contributed by atoms with Crippen molar-refractivity contribution in [2.24, 2.45) is 0 Å². The van der Waals surface area contributed by atoms with Crippen molar-refractivity contribution < 1.29 is 8.42 Å². The number of aryl methyl sites for hydroxylation is 1. The first-order chi connectivity index (χ1) is 10.6. The predicted octanol–water partition coefficient (Wildman–Crippen LogP) is 1.55. The maximum atomic E-state index is 12.1. The van der Waals surface area contributed by atoms with Gasteiger partial charge in [0.2, 0.25) is 10.0 Å². The summed E-state index contributed by atoms with van der Waals surface area (Å²) in [6.07, 6.45) is 4.97. The van der Waals surface area contributed by atoms with Gasteiger partial charge < -0.3 is 4.57 Å². The van der Waals surface area contributed by atoms with Gasteiger partial charge in [-0.1, -0.05) is 18.2 Å². The lowest BCUT2D eigenvalue weighted by atomic mass is 10.3. The molecule has 0 aliphatic carbocycles. The van der Waals surface area contributed by atoms with E-state index in [4.69, 9.17) is 0 Å². The average molecular weight is 316 g/mol. The fourth-order valence-corrected chi connectivity index (χ4v) is 3.14. The van der Waals surface area contributed by atoms with Gasteiger partial charge in [-0.15, -0.1) is 0 Å². The molecular formula is C15H16N4O2S. The Balaban J connectivity index is 1.62.